The van der Waals surface area contributed by atoms with Gasteiger partial charge in [-0.05, 0) is 36.4 Å². The number of aliphatic carboxylic acids is 1. The fourth-order valence-electron chi connectivity index (χ4n) is 2.57. The lowest BCUT2D eigenvalue weighted by atomic mass is 10.1. The van der Waals surface area contributed by atoms with Gasteiger partial charge < -0.3 is 10.4 Å². The Balaban J connectivity index is 1.76. The van der Waals surface area contributed by atoms with Gasteiger partial charge in [0.1, 0.15) is 6.04 Å². The van der Waals surface area contributed by atoms with Crippen molar-refractivity contribution in [3.05, 3.63) is 77.5 Å². The van der Waals surface area contributed by atoms with Gasteiger partial charge in [0.15, 0.2) is 0 Å². The number of aromatic nitrogens is 1. The Bertz CT molecular complexity index is 1010. The van der Waals surface area contributed by atoms with Crippen LogP contribution in [0.25, 0.3) is 10.9 Å². The topological polar surface area (TPSA) is 103 Å². The Labute approximate surface area is 149 Å². The molecule has 2 aromatic carbocycles. The van der Waals surface area contributed by atoms with E-state index in [1.165, 1.54) is 24.3 Å². The van der Waals surface area contributed by atoms with Crippen LogP contribution in [0, 0.1) is 11.3 Å². The van der Waals surface area contributed by atoms with Crippen molar-refractivity contribution in [1.29, 1.82) is 5.26 Å². The van der Waals surface area contributed by atoms with Crippen LogP contribution in [-0.2, 0) is 11.2 Å². The van der Waals surface area contributed by atoms with E-state index in [1.807, 2.05) is 36.4 Å². The van der Waals surface area contributed by atoms with E-state index in [-0.39, 0.29) is 6.42 Å². The minimum atomic E-state index is -1.14. The Morgan fingerprint density at radius 1 is 1.08 bits per heavy atom. The summed E-state index contributed by atoms with van der Waals surface area (Å²) >= 11 is 0. The molecule has 0 radical (unpaired) electrons. The number of nitriles is 1. The summed E-state index contributed by atoms with van der Waals surface area (Å²) < 4.78 is 0. The maximum atomic E-state index is 12.3. The molecule has 1 heterocycles. The van der Waals surface area contributed by atoms with E-state index in [9.17, 15) is 14.7 Å². The molecule has 0 aliphatic rings. The number of carboxylic acid groups (broad SMARTS) is 1. The summed E-state index contributed by atoms with van der Waals surface area (Å²) in [5.41, 5.74) is 2.07. The van der Waals surface area contributed by atoms with Crippen molar-refractivity contribution in [1.82, 2.24) is 10.3 Å². The number of nitrogens with one attached hydrogen (secondary N) is 1. The van der Waals surface area contributed by atoms with Gasteiger partial charge in [-0.2, -0.15) is 5.26 Å². The predicted molar refractivity (Wildman–Crippen MR) is 95.5 cm³/mol. The molecule has 0 bridgehead atoms. The van der Waals surface area contributed by atoms with Crippen LogP contribution in [0.5, 0.6) is 0 Å². The van der Waals surface area contributed by atoms with Gasteiger partial charge in [-0.1, -0.05) is 24.3 Å². The highest BCUT2D eigenvalue weighted by Crippen LogP contribution is 2.13. The number of pyridine rings is 1. The highest BCUT2D eigenvalue weighted by atomic mass is 16.4. The quantitative estimate of drug-likeness (QED) is 0.739. The maximum absolute atomic E-state index is 12.3. The number of carbonyl (C=O) groups excluding carboxylic acids is 1. The van der Waals surface area contributed by atoms with E-state index in [4.69, 9.17) is 5.26 Å². The first-order chi connectivity index (χ1) is 12.6. The number of amides is 1. The van der Waals surface area contributed by atoms with E-state index >= 15 is 0 Å². The zero-order chi connectivity index (χ0) is 18.5. The number of rotatable bonds is 5. The van der Waals surface area contributed by atoms with Crippen LogP contribution in [0.15, 0.2) is 60.7 Å². The number of para-hydroxylation sites is 1. The van der Waals surface area contributed by atoms with Crippen molar-refractivity contribution in [2.75, 3.05) is 0 Å². The number of hydrogen-bond acceptors (Lipinski definition) is 4. The molecule has 0 spiro atoms. The summed E-state index contributed by atoms with van der Waals surface area (Å²) in [6.45, 7) is 0. The summed E-state index contributed by atoms with van der Waals surface area (Å²) in [5, 5.41) is 21.7. The third kappa shape index (κ3) is 3.84. The SMILES string of the molecule is N#Cc1ccc(C(=O)N[C@@H](Cc2ccc3ccccc3n2)C(=O)O)cc1. The van der Waals surface area contributed by atoms with Crippen molar-refractivity contribution in [2.45, 2.75) is 12.5 Å². The molecule has 6 heteroatoms. The molecule has 0 saturated carbocycles. The summed E-state index contributed by atoms with van der Waals surface area (Å²) in [6, 6.07) is 18.0. The van der Waals surface area contributed by atoms with E-state index < -0.39 is 17.9 Å². The second-order valence-electron chi connectivity index (χ2n) is 5.75. The Morgan fingerprint density at radius 3 is 2.50 bits per heavy atom. The molecule has 2 N–H and O–H groups in total. The molecule has 0 fully saturated rings. The van der Waals surface area contributed by atoms with E-state index in [1.54, 1.807) is 6.07 Å². The minimum Gasteiger partial charge on any atom is -0.480 e. The minimum absolute atomic E-state index is 0.0716. The molecule has 0 unspecified atom stereocenters. The lowest BCUT2D eigenvalue weighted by Crippen LogP contribution is -2.42. The van der Waals surface area contributed by atoms with Crippen LogP contribution in [0.4, 0.5) is 0 Å². The zero-order valence-corrected chi connectivity index (χ0v) is 13.7. The number of fused-ring (bicyclic) bond motifs is 1. The second-order valence-corrected chi connectivity index (χ2v) is 5.75. The highest BCUT2D eigenvalue weighted by Gasteiger charge is 2.22. The average molecular weight is 345 g/mol. The van der Waals surface area contributed by atoms with Crippen LogP contribution in [0.2, 0.25) is 0 Å². The van der Waals surface area contributed by atoms with Crippen LogP contribution in [-0.4, -0.2) is 28.0 Å². The molecular formula is C20H15N3O3. The van der Waals surface area contributed by atoms with E-state index in [0.29, 0.717) is 16.8 Å². The molecule has 6 nitrogen and oxygen atoms in total. The lowest BCUT2D eigenvalue weighted by molar-refractivity contribution is -0.139. The molecule has 1 aromatic heterocycles. The van der Waals surface area contributed by atoms with Gasteiger partial charge in [-0.3, -0.25) is 9.78 Å². The third-order valence-corrected chi connectivity index (χ3v) is 3.95. The second kappa shape index (κ2) is 7.45. The fraction of sp³-hybridized carbons (Fsp3) is 0.100. The number of nitrogens with zero attached hydrogens (tertiary/aromatic N) is 2. The maximum Gasteiger partial charge on any atom is 0.326 e. The molecule has 128 valence electrons. The Hall–Kier alpha value is -3.72. The molecule has 1 atom stereocenters. The Morgan fingerprint density at radius 2 is 1.81 bits per heavy atom. The number of benzene rings is 2. The largest absolute Gasteiger partial charge is 0.480 e. The van der Waals surface area contributed by atoms with Gasteiger partial charge in [0.25, 0.3) is 5.91 Å². The Kier molecular flexibility index (Phi) is 4.90. The van der Waals surface area contributed by atoms with E-state index in [0.717, 1.165) is 10.9 Å². The monoisotopic (exact) mass is 345 g/mol. The summed E-state index contributed by atoms with van der Waals surface area (Å²) in [5.74, 6) is -1.65. The fourth-order valence-corrected chi connectivity index (χ4v) is 2.57. The first-order valence-corrected chi connectivity index (χ1v) is 7.95. The third-order valence-electron chi connectivity index (χ3n) is 3.95. The van der Waals surface area contributed by atoms with Gasteiger partial charge >= 0.3 is 5.97 Å². The van der Waals surface area contributed by atoms with Gasteiger partial charge in [0, 0.05) is 23.1 Å². The van der Waals surface area contributed by atoms with Crippen LogP contribution in [0.1, 0.15) is 21.6 Å². The normalized spacial score (nSPS) is 11.5. The van der Waals surface area contributed by atoms with Crippen LogP contribution in [0.3, 0.4) is 0 Å². The van der Waals surface area contributed by atoms with Crippen molar-refractivity contribution < 1.29 is 14.7 Å². The molecule has 26 heavy (non-hydrogen) atoms. The first kappa shape index (κ1) is 17.1. The average Bonchev–Trinajstić information content (AvgIpc) is 2.67. The standard InChI is InChI=1S/C20H15N3O3/c21-12-13-5-7-15(8-6-13)19(24)23-18(20(25)26)11-16-10-9-14-3-1-2-4-17(14)22-16/h1-10,18H,11H2,(H,23,24)(H,25,26)/t18-/m0/s1. The van der Waals surface area contributed by atoms with Crippen molar-refractivity contribution in [3.63, 3.8) is 0 Å². The highest BCUT2D eigenvalue weighted by molar-refractivity contribution is 5.96. The molecule has 3 rings (SSSR count). The van der Waals surface area contributed by atoms with Gasteiger partial charge in [-0.25, -0.2) is 4.79 Å². The van der Waals surface area contributed by atoms with E-state index in [2.05, 4.69) is 10.3 Å². The van der Waals surface area contributed by atoms with Gasteiger partial charge in [0.05, 0.1) is 17.1 Å². The summed E-state index contributed by atoms with van der Waals surface area (Å²) in [7, 11) is 0. The molecular weight excluding hydrogens is 330 g/mol. The van der Waals surface area contributed by atoms with Crippen molar-refractivity contribution in [2.24, 2.45) is 0 Å². The smallest absolute Gasteiger partial charge is 0.326 e. The number of carboxylic acids is 1. The predicted octanol–water partition coefficient (Wildman–Crippen LogP) is 2.53. The van der Waals surface area contributed by atoms with Crippen LogP contribution >= 0.6 is 0 Å². The first-order valence-electron chi connectivity index (χ1n) is 7.95. The molecule has 1 amide bonds. The zero-order valence-electron chi connectivity index (χ0n) is 13.7. The molecule has 3 aromatic rings. The van der Waals surface area contributed by atoms with Gasteiger partial charge in [-0.15, -0.1) is 0 Å². The molecule has 0 aliphatic carbocycles. The molecule has 0 saturated heterocycles. The summed E-state index contributed by atoms with van der Waals surface area (Å²) in [6.07, 6.45) is 0.0716. The van der Waals surface area contributed by atoms with Gasteiger partial charge in [0.2, 0.25) is 0 Å². The van der Waals surface area contributed by atoms with Crippen LogP contribution < -0.4 is 5.32 Å². The molecule has 0 aliphatic heterocycles. The summed E-state index contributed by atoms with van der Waals surface area (Å²) in [4.78, 5) is 28.3. The van der Waals surface area contributed by atoms with Crippen molar-refractivity contribution in [3.8, 4) is 6.07 Å². The van der Waals surface area contributed by atoms with Crippen molar-refractivity contribution >= 4 is 22.8 Å². The lowest BCUT2D eigenvalue weighted by Gasteiger charge is -2.14. The number of hydrogen-bond donors (Lipinski definition) is 2. The number of carbonyl (C=O) groups is 2.